The maximum atomic E-state index is 12.5. The molecule has 0 bridgehead atoms. The number of thiophene rings is 1. The average molecular weight is 352 g/mol. The molecule has 5 heteroatoms. The van der Waals surface area contributed by atoms with E-state index in [0.29, 0.717) is 23.1 Å². The lowest BCUT2D eigenvalue weighted by molar-refractivity contribution is -0.119. The number of carbonyl (C=O) groups is 2. The van der Waals surface area contributed by atoms with Gasteiger partial charge < -0.3 is 10.1 Å². The molecule has 0 radical (unpaired) electrons. The van der Waals surface area contributed by atoms with Gasteiger partial charge in [-0.2, -0.15) is 0 Å². The van der Waals surface area contributed by atoms with Crippen molar-refractivity contribution in [1.29, 1.82) is 0 Å². The van der Waals surface area contributed by atoms with Crippen LogP contribution >= 0.6 is 11.3 Å². The van der Waals surface area contributed by atoms with E-state index in [0.717, 1.165) is 44.1 Å². The molecule has 0 saturated carbocycles. The predicted molar refractivity (Wildman–Crippen MR) is 98.8 cm³/mol. The maximum Gasteiger partial charge on any atom is 0.341 e. The molecule has 1 aliphatic carbocycles. The number of ether oxygens (including phenoxy) is 1. The second kappa shape index (κ2) is 8.65. The minimum absolute atomic E-state index is 0.00645. The van der Waals surface area contributed by atoms with E-state index in [-0.39, 0.29) is 17.8 Å². The van der Waals surface area contributed by atoms with Crippen molar-refractivity contribution in [3.63, 3.8) is 0 Å². The first-order chi connectivity index (χ1) is 11.5. The Balaban J connectivity index is 2.30. The fourth-order valence-corrected chi connectivity index (χ4v) is 4.66. The molecular formula is C19H29NO3S. The van der Waals surface area contributed by atoms with Crippen molar-refractivity contribution < 1.29 is 14.3 Å². The molecule has 0 fully saturated rings. The standard InChI is InChI=1S/C19H29NO3S/c1-5-8-12(4)17(21)20-18-16(19(22)23-7-3)14-10-9-13(6-2)11-15(14)24-18/h12-13H,5-11H2,1-4H3,(H,20,21)/t12-,13+/m1/s1. The van der Waals surface area contributed by atoms with E-state index in [2.05, 4.69) is 19.2 Å². The summed E-state index contributed by atoms with van der Waals surface area (Å²) in [6.07, 6.45) is 5.98. The number of carbonyl (C=O) groups excluding carboxylic acids is 2. The van der Waals surface area contributed by atoms with Crippen LogP contribution in [-0.4, -0.2) is 18.5 Å². The highest BCUT2D eigenvalue weighted by atomic mass is 32.1. The highest BCUT2D eigenvalue weighted by molar-refractivity contribution is 7.17. The lowest BCUT2D eigenvalue weighted by Crippen LogP contribution is -2.21. The number of amides is 1. The van der Waals surface area contributed by atoms with Crippen molar-refractivity contribution in [2.45, 2.75) is 66.2 Å². The monoisotopic (exact) mass is 351 g/mol. The van der Waals surface area contributed by atoms with E-state index in [1.54, 1.807) is 11.3 Å². The van der Waals surface area contributed by atoms with E-state index in [9.17, 15) is 9.59 Å². The van der Waals surface area contributed by atoms with E-state index >= 15 is 0 Å². The third-order valence-electron chi connectivity index (χ3n) is 4.83. The minimum atomic E-state index is -0.302. The number of rotatable bonds is 7. The second-order valence-electron chi connectivity index (χ2n) is 6.62. The van der Waals surface area contributed by atoms with Crippen molar-refractivity contribution in [3.05, 3.63) is 16.0 Å². The van der Waals surface area contributed by atoms with Crippen LogP contribution in [0.15, 0.2) is 0 Å². The highest BCUT2D eigenvalue weighted by Crippen LogP contribution is 2.41. The number of hydrogen-bond donors (Lipinski definition) is 1. The Morgan fingerprint density at radius 2 is 2.08 bits per heavy atom. The molecule has 24 heavy (non-hydrogen) atoms. The van der Waals surface area contributed by atoms with Gasteiger partial charge in [-0.15, -0.1) is 11.3 Å². The van der Waals surface area contributed by atoms with Gasteiger partial charge in [0.1, 0.15) is 5.00 Å². The summed E-state index contributed by atoms with van der Waals surface area (Å²) in [6, 6.07) is 0. The van der Waals surface area contributed by atoms with Gasteiger partial charge >= 0.3 is 5.97 Å². The zero-order chi connectivity index (χ0) is 17.7. The molecule has 1 aliphatic rings. The topological polar surface area (TPSA) is 55.4 Å². The van der Waals surface area contributed by atoms with Crippen LogP contribution in [0.25, 0.3) is 0 Å². The van der Waals surface area contributed by atoms with Crippen LogP contribution in [0.4, 0.5) is 5.00 Å². The van der Waals surface area contributed by atoms with Crippen molar-refractivity contribution in [3.8, 4) is 0 Å². The lowest BCUT2D eigenvalue weighted by Gasteiger charge is -2.21. The first-order valence-electron chi connectivity index (χ1n) is 9.14. The zero-order valence-corrected chi connectivity index (χ0v) is 16.1. The first kappa shape index (κ1) is 19.0. The van der Waals surface area contributed by atoms with Gasteiger partial charge in [0, 0.05) is 10.8 Å². The average Bonchev–Trinajstić information content (AvgIpc) is 2.91. The quantitative estimate of drug-likeness (QED) is 0.717. The fourth-order valence-electron chi connectivity index (χ4n) is 3.31. The molecule has 1 amide bonds. The smallest absolute Gasteiger partial charge is 0.341 e. The van der Waals surface area contributed by atoms with Gasteiger partial charge in [-0.3, -0.25) is 4.79 Å². The number of anilines is 1. The van der Waals surface area contributed by atoms with Gasteiger partial charge in [-0.05, 0) is 44.1 Å². The molecule has 1 N–H and O–H groups in total. The van der Waals surface area contributed by atoms with Crippen LogP contribution in [0.1, 0.15) is 74.2 Å². The molecule has 1 aromatic heterocycles. The van der Waals surface area contributed by atoms with Gasteiger partial charge in [0.15, 0.2) is 0 Å². The molecule has 0 saturated heterocycles. The summed E-state index contributed by atoms with van der Waals surface area (Å²) in [5.41, 5.74) is 1.70. The molecule has 0 unspecified atom stereocenters. The second-order valence-corrected chi connectivity index (χ2v) is 7.73. The highest BCUT2D eigenvalue weighted by Gasteiger charge is 2.30. The summed E-state index contributed by atoms with van der Waals surface area (Å²) >= 11 is 1.57. The van der Waals surface area contributed by atoms with Gasteiger partial charge in [-0.1, -0.05) is 33.6 Å². The molecule has 0 aromatic carbocycles. The lowest BCUT2D eigenvalue weighted by atomic mass is 9.85. The zero-order valence-electron chi connectivity index (χ0n) is 15.2. The third kappa shape index (κ3) is 4.18. The van der Waals surface area contributed by atoms with Gasteiger partial charge in [0.05, 0.1) is 12.2 Å². The van der Waals surface area contributed by atoms with Gasteiger partial charge in [0.25, 0.3) is 0 Å². The Morgan fingerprint density at radius 1 is 1.33 bits per heavy atom. The van der Waals surface area contributed by atoms with Crippen LogP contribution in [0.3, 0.4) is 0 Å². The maximum absolute atomic E-state index is 12.5. The SMILES string of the molecule is CCC[C@@H](C)C(=O)Nc1sc2c(c1C(=O)OCC)CC[C@H](CC)C2. The van der Waals surface area contributed by atoms with Crippen molar-refractivity contribution in [2.75, 3.05) is 11.9 Å². The Labute approximate surface area is 149 Å². The van der Waals surface area contributed by atoms with Crippen LogP contribution < -0.4 is 5.32 Å². The van der Waals surface area contributed by atoms with Gasteiger partial charge in [-0.25, -0.2) is 4.79 Å². The molecule has 2 atom stereocenters. The van der Waals surface area contributed by atoms with E-state index < -0.39 is 0 Å². The van der Waals surface area contributed by atoms with E-state index in [4.69, 9.17) is 4.74 Å². The van der Waals surface area contributed by atoms with Crippen LogP contribution in [0.5, 0.6) is 0 Å². The van der Waals surface area contributed by atoms with Crippen molar-refractivity contribution >= 4 is 28.2 Å². The number of hydrogen-bond acceptors (Lipinski definition) is 4. The molecule has 2 rings (SSSR count). The normalized spacial score (nSPS) is 17.9. The predicted octanol–water partition coefficient (Wildman–Crippen LogP) is 4.81. The summed E-state index contributed by atoms with van der Waals surface area (Å²) < 4.78 is 5.25. The Kier molecular flexibility index (Phi) is 6.84. The summed E-state index contributed by atoms with van der Waals surface area (Å²) in [4.78, 5) is 26.1. The van der Waals surface area contributed by atoms with Crippen molar-refractivity contribution in [1.82, 2.24) is 0 Å². The fraction of sp³-hybridized carbons (Fsp3) is 0.684. The van der Waals surface area contributed by atoms with Gasteiger partial charge in [0.2, 0.25) is 5.91 Å². The molecule has 1 heterocycles. The third-order valence-corrected chi connectivity index (χ3v) is 6.00. The largest absolute Gasteiger partial charge is 0.462 e. The Bertz CT molecular complexity index is 594. The van der Waals surface area contributed by atoms with E-state index in [1.807, 2.05) is 13.8 Å². The Hall–Kier alpha value is -1.36. The van der Waals surface area contributed by atoms with Crippen molar-refractivity contribution in [2.24, 2.45) is 11.8 Å². The summed E-state index contributed by atoms with van der Waals surface area (Å²) in [5, 5.41) is 3.69. The molecular weight excluding hydrogens is 322 g/mol. The minimum Gasteiger partial charge on any atom is -0.462 e. The van der Waals surface area contributed by atoms with Crippen LogP contribution in [-0.2, 0) is 22.4 Å². The number of fused-ring (bicyclic) bond motifs is 1. The molecule has 0 aliphatic heterocycles. The Morgan fingerprint density at radius 3 is 2.71 bits per heavy atom. The molecule has 1 aromatic rings. The first-order valence-corrected chi connectivity index (χ1v) is 9.95. The van der Waals surface area contributed by atoms with Crippen LogP contribution in [0.2, 0.25) is 0 Å². The molecule has 0 spiro atoms. The number of esters is 1. The van der Waals surface area contributed by atoms with E-state index in [1.165, 1.54) is 4.88 Å². The molecule has 4 nitrogen and oxygen atoms in total. The molecule has 134 valence electrons. The summed E-state index contributed by atoms with van der Waals surface area (Å²) in [5.74, 6) is 0.317. The van der Waals surface area contributed by atoms with Crippen LogP contribution in [0, 0.1) is 11.8 Å². The summed E-state index contributed by atoms with van der Waals surface area (Å²) in [6.45, 7) is 8.38. The number of nitrogens with one attached hydrogen (secondary N) is 1. The summed E-state index contributed by atoms with van der Waals surface area (Å²) in [7, 11) is 0.